The van der Waals surface area contributed by atoms with Crippen LogP contribution >= 0.6 is 0 Å². The third kappa shape index (κ3) is 3.13. The first-order valence-corrected chi connectivity index (χ1v) is 5.56. The van der Waals surface area contributed by atoms with Gasteiger partial charge in [0.15, 0.2) is 0 Å². The van der Waals surface area contributed by atoms with Crippen LogP contribution in [0, 0.1) is 11.3 Å². The van der Waals surface area contributed by atoms with Gasteiger partial charge < -0.3 is 0 Å². The molecule has 0 saturated heterocycles. The highest BCUT2D eigenvalue weighted by Crippen LogP contribution is 2.45. The lowest BCUT2D eigenvalue weighted by atomic mass is 9.64. The third-order valence-electron chi connectivity index (χ3n) is 3.16. The molecule has 16 heavy (non-hydrogen) atoms. The standard InChI is InChI=1S/C12H18N2O2/c1-10-4-11(2,3)6-12(5-10,14-9-16)7-13-8-15/h10H,4-7H2,1-3H3. The highest BCUT2D eigenvalue weighted by atomic mass is 16.1. The van der Waals surface area contributed by atoms with Crippen LogP contribution in [0.1, 0.15) is 40.0 Å². The van der Waals surface area contributed by atoms with Crippen LogP contribution in [0.2, 0.25) is 0 Å². The van der Waals surface area contributed by atoms with Gasteiger partial charge in [-0.2, -0.15) is 4.99 Å². The van der Waals surface area contributed by atoms with Gasteiger partial charge in [-0.15, -0.1) is 0 Å². The van der Waals surface area contributed by atoms with Gasteiger partial charge in [0.25, 0.3) is 0 Å². The van der Waals surface area contributed by atoms with Crippen LogP contribution in [0.4, 0.5) is 0 Å². The highest BCUT2D eigenvalue weighted by Gasteiger charge is 2.43. The van der Waals surface area contributed by atoms with E-state index in [-0.39, 0.29) is 12.0 Å². The summed E-state index contributed by atoms with van der Waals surface area (Å²) in [5.74, 6) is 0.475. The molecule has 0 amide bonds. The molecule has 0 aromatic rings. The lowest BCUT2D eigenvalue weighted by Crippen LogP contribution is -2.43. The summed E-state index contributed by atoms with van der Waals surface area (Å²) < 4.78 is 0. The fourth-order valence-corrected chi connectivity index (χ4v) is 3.22. The molecule has 1 saturated carbocycles. The molecule has 4 heteroatoms. The van der Waals surface area contributed by atoms with Crippen molar-refractivity contribution in [2.45, 2.75) is 45.6 Å². The van der Waals surface area contributed by atoms with Gasteiger partial charge in [-0.3, -0.25) is 0 Å². The summed E-state index contributed by atoms with van der Waals surface area (Å²) in [5, 5.41) is 0. The first-order chi connectivity index (χ1) is 7.43. The second-order valence-electron chi connectivity index (χ2n) is 5.69. The molecule has 0 bridgehead atoms. The SMILES string of the molecule is CC1CC(C)(C)CC(CN=C=O)(N=C=O)C1. The Balaban J connectivity index is 2.99. The maximum Gasteiger partial charge on any atom is 0.235 e. The maximum absolute atomic E-state index is 10.5. The van der Waals surface area contributed by atoms with Crippen molar-refractivity contribution < 1.29 is 9.59 Å². The van der Waals surface area contributed by atoms with E-state index in [1.54, 1.807) is 6.08 Å². The van der Waals surface area contributed by atoms with E-state index < -0.39 is 5.54 Å². The van der Waals surface area contributed by atoms with E-state index >= 15 is 0 Å². The second-order valence-corrected chi connectivity index (χ2v) is 5.69. The van der Waals surface area contributed by atoms with Crippen LogP contribution in [-0.4, -0.2) is 24.2 Å². The number of carbonyl (C=O) groups excluding carboxylic acids is 2. The monoisotopic (exact) mass is 222 g/mol. The van der Waals surface area contributed by atoms with Crippen molar-refractivity contribution in [1.82, 2.24) is 0 Å². The Labute approximate surface area is 95.9 Å². The van der Waals surface area contributed by atoms with Gasteiger partial charge in [-0.25, -0.2) is 14.6 Å². The molecule has 88 valence electrons. The Morgan fingerprint density at radius 2 is 1.94 bits per heavy atom. The molecule has 0 aromatic carbocycles. The summed E-state index contributed by atoms with van der Waals surface area (Å²) in [6, 6.07) is 0. The van der Waals surface area contributed by atoms with E-state index in [0.717, 1.165) is 19.3 Å². The van der Waals surface area contributed by atoms with E-state index in [4.69, 9.17) is 0 Å². The van der Waals surface area contributed by atoms with Crippen molar-refractivity contribution >= 4 is 12.2 Å². The van der Waals surface area contributed by atoms with Crippen LogP contribution in [0.3, 0.4) is 0 Å². The predicted octanol–water partition coefficient (Wildman–Crippen LogP) is 2.24. The molecule has 1 aliphatic rings. The van der Waals surface area contributed by atoms with Crippen molar-refractivity contribution in [2.75, 3.05) is 6.54 Å². The molecular weight excluding hydrogens is 204 g/mol. The average molecular weight is 222 g/mol. The lowest BCUT2D eigenvalue weighted by molar-refractivity contribution is 0.114. The van der Waals surface area contributed by atoms with Crippen molar-refractivity contribution in [2.24, 2.45) is 21.3 Å². The number of aliphatic imine (C=N–C) groups is 2. The topological polar surface area (TPSA) is 58.9 Å². The molecule has 1 rings (SSSR count). The second kappa shape index (κ2) is 4.73. The summed E-state index contributed by atoms with van der Waals surface area (Å²) in [6.45, 7) is 6.70. The Bertz CT molecular complexity index is 352. The van der Waals surface area contributed by atoms with Gasteiger partial charge in [-0.1, -0.05) is 20.8 Å². The van der Waals surface area contributed by atoms with Crippen LogP contribution in [0.25, 0.3) is 0 Å². The smallest absolute Gasteiger partial charge is 0.211 e. The zero-order valence-corrected chi connectivity index (χ0v) is 10.1. The molecule has 0 aromatic heterocycles. The largest absolute Gasteiger partial charge is 0.235 e. The van der Waals surface area contributed by atoms with Crippen molar-refractivity contribution in [3.8, 4) is 0 Å². The summed E-state index contributed by atoms with van der Waals surface area (Å²) in [5.41, 5.74) is -0.420. The summed E-state index contributed by atoms with van der Waals surface area (Å²) in [7, 11) is 0. The lowest BCUT2D eigenvalue weighted by Gasteiger charge is -2.43. The van der Waals surface area contributed by atoms with Gasteiger partial charge in [0, 0.05) is 0 Å². The van der Waals surface area contributed by atoms with Crippen LogP contribution < -0.4 is 0 Å². The van der Waals surface area contributed by atoms with Crippen molar-refractivity contribution in [3.05, 3.63) is 0 Å². The highest BCUT2D eigenvalue weighted by molar-refractivity contribution is 5.37. The van der Waals surface area contributed by atoms with E-state index in [1.807, 2.05) is 0 Å². The van der Waals surface area contributed by atoms with Gasteiger partial charge in [0.2, 0.25) is 12.2 Å². The summed E-state index contributed by atoms with van der Waals surface area (Å²) >= 11 is 0. The molecular formula is C12H18N2O2. The fraction of sp³-hybridized carbons (Fsp3) is 0.833. The molecule has 0 heterocycles. The Morgan fingerprint density at radius 3 is 2.44 bits per heavy atom. The third-order valence-corrected chi connectivity index (χ3v) is 3.16. The van der Waals surface area contributed by atoms with Gasteiger partial charge in [-0.05, 0) is 30.6 Å². The Hall–Kier alpha value is -1.24. The van der Waals surface area contributed by atoms with E-state index in [0.29, 0.717) is 5.92 Å². The average Bonchev–Trinajstić information content (AvgIpc) is 2.12. The number of isocyanates is 2. The van der Waals surface area contributed by atoms with E-state index in [1.165, 1.54) is 6.08 Å². The zero-order valence-electron chi connectivity index (χ0n) is 10.1. The maximum atomic E-state index is 10.5. The molecule has 4 nitrogen and oxygen atoms in total. The number of nitrogens with zero attached hydrogens (tertiary/aromatic N) is 2. The number of rotatable bonds is 3. The molecule has 0 radical (unpaired) electrons. The van der Waals surface area contributed by atoms with Crippen molar-refractivity contribution in [1.29, 1.82) is 0 Å². The minimum absolute atomic E-state index is 0.121. The van der Waals surface area contributed by atoms with Crippen LogP contribution in [-0.2, 0) is 9.59 Å². The molecule has 2 unspecified atom stereocenters. The summed E-state index contributed by atoms with van der Waals surface area (Å²) in [6.07, 6.45) is 5.82. The molecule has 0 spiro atoms. The minimum Gasteiger partial charge on any atom is -0.211 e. The van der Waals surface area contributed by atoms with E-state index in [2.05, 4.69) is 30.8 Å². The number of hydrogen-bond donors (Lipinski definition) is 0. The summed E-state index contributed by atoms with van der Waals surface area (Å²) in [4.78, 5) is 28.3. The Morgan fingerprint density at radius 1 is 1.25 bits per heavy atom. The molecule has 2 atom stereocenters. The van der Waals surface area contributed by atoms with Gasteiger partial charge >= 0.3 is 0 Å². The minimum atomic E-state index is -0.541. The van der Waals surface area contributed by atoms with E-state index in [9.17, 15) is 9.59 Å². The zero-order chi connectivity index (χ0) is 12.2. The van der Waals surface area contributed by atoms with Crippen molar-refractivity contribution in [3.63, 3.8) is 0 Å². The first kappa shape index (κ1) is 12.8. The molecule has 1 fully saturated rings. The molecule has 1 aliphatic carbocycles. The normalized spacial score (nSPS) is 32.3. The fourth-order valence-electron chi connectivity index (χ4n) is 3.22. The quantitative estimate of drug-likeness (QED) is 0.543. The predicted molar refractivity (Wildman–Crippen MR) is 60.6 cm³/mol. The molecule has 0 N–H and O–H groups in total. The molecule has 0 aliphatic heterocycles. The van der Waals surface area contributed by atoms with Crippen LogP contribution in [0.5, 0.6) is 0 Å². The number of hydrogen-bond acceptors (Lipinski definition) is 4. The first-order valence-electron chi connectivity index (χ1n) is 5.56. The van der Waals surface area contributed by atoms with Gasteiger partial charge in [0.05, 0.1) is 12.1 Å². The van der Waals surface area contributed by atoms with Gasteiger partial charge in [0.1, 0.15) is 0 Å². The van der Waals surface area contributed by atoms with Crippen LogP contribution in [0.15, 0.2) is 9.98 Å². The Kier molecular flexibility index (Phi) is 3.79.